The molecular formula is C17H20O3. The SMILES string of the molecule is CC1=CC(C)C(c2cccc(C(=O)C(=O)O)c2C)CC1. The van der Waals surface area contributed by atoms with Crippen molar-refractivity contribution in [2.24, 2.45) is 5.92 Å². The predicted molar refractivity (Wildman–Crippen MR) is 78.0 cm³/mol. The Morgan fingerprint density at radius 3 is 2.55 bits per heavy atom. The zero-order valence-corrected chi connectivity index (χ0v) is 12.1. The number of aliphatic carboxylic acids is 1. The van der Waals surface area contributed by atoms with E-state index in [1.54, 1.807) is 12.1 Å². The summed E-state index contributed by atoms with van der Waals surface area (Å²) in [4.78, 5) is 22.6. The van der Waals surface area contributed by atoms with E-state index < -0.39 is 11.8 Å². The number of hydrogen-bond donors (Lipinski definition) is 1. The van der Waals surface area contributed by atoms with Gasteiger partial charge < -0.3 is 5.11 Å². The van der Waals surface area contributed by atoms with Crippen LogP contribution in [0.4, 0.5) is 0 Å². The third-order valence-corrected chi connectivity index (χ3v) is 4.25. The molecule has 0 fully saturated rings. The lowest BCUT2D eigenvalue weighted by Crippen LogP contribution is -2.18. The molecule has 106 valence electrons. The van der Waals surface area contributed by atoms with Crippen LogP contribution >= 0.6 is 0 Å². The van der Waals surface area contributed by atoms with E-state index in [1.807, 2.05) is 13.0 Å². The number of Topliss-reactive ketones (excluding diaryl/α,β-unsaturated/α-hetero) is 1. The first-order valence-corrected chi connectivity index (χ1v) is 6.96. The van der Waals surface area contributed by atoms with Crippen molar-refractivity contribution in [3.8, 4) is 0 Å². The van der Waals surface area contributed by atoms with E-state index in [9.17, 15) is 9.59 Å². The monoisotopic (exact) mass is 272 g/mol. The van der Waals surface area contributed by atoms with Crippen molar-refractivity contribution >= 4 is 11.8 Å². The molecule has 1 aliphatic rings. The van der Waals surface area contributed by atoms with Crippen LogP contribution in [0.25, 0.3) is 0 Å². The summed E-state index contributed by atoms with van der Waals surface area (Å²) >= 11 is 0. The van der Waals surface area contributed by atoms with Gasteiger partial charge in [-0.1, -0.05) is 36.8 Å². The van der Waals surface area contributed by atoms with Crippen molar-refractivity contribution in [2.75, 3.05) is 0 Å². The first-order chi connectivity index (χ1) is 9.41. The zero-order chi connectivity index (χ0) is 14.9. The van der Waals surface area contributed by atoms with Crippen LogP contribution in [-0.2, 0) is 4.79 Å². The smallest absolute Gasteiger partial charge is 0.377 e. The lowest BCUT2D eigenvalue weighted by atomic mass is 9.76. The second-order valence-electron chi connectivity index (χ2n) is 5.67. The summed E-state index contributed by atoms with van der Waals surface area (Å²) in [5.41, 5.74) is 3.63. The van der Waals surface area contributed by atoms with Crippen molar-refractivity contribution in [3.63, 3.8) is 0 Å². The van der Waals surface area contributed by atoms with Gasteiger partial charge in [-0.2, -0.15) is 0 Å². The molecule has 0 aliphatic heterocycles. The number of ketones is 1. The van der Waals surface area contributed by atoms with Crippen molar-refractivity contribution in [1.82, 2.24) is 0 Å². The molecule has 20 heavy (non-hydrogen) atoms. The minimum atomic E-state index is -1.39. The summed E-state index contributed by atoms with van der Waals surface area (Å²) in [5, 5.41) is 8.89. The van der Waals surface area contributed by atoms with Crippen LogP contribution in [0.1, 0.15) is 54.1 Å². The fourth-order valence-electron chi connectivity index (χ4n) is 3.15. The van der Waals surface area contributed by atoms with E-state index in [0.29, 0.717) is 17.4 Å². The number of carboxylic acids is 1. The van der Waals surface area contributed by atoms with Gasteiger partial charge in [0.2, 0.25) is 0 Å². The van der Waals surface area contributed by atoms with Gasteiger partial charge in [0.15, 0.2) is 0 Å². The van der Waals surface area contributed by atoms with Crippen molar-refractivity contribution < 1.29 is 14.7 Å². The average molecular weight is 272 g/mol. The number of allylic oxidation sites excluding steroid dienone is 2. The third kappa shape index (κ3) is 2.67. The van der Waals surface area contributed by atoms with E-state index in [0.717, 1.165) is 24.0 Å². The molecule has 0 bridgehead atoms. The molecule has 1 aromatic rings. The molecule has 0 amide bonds. The number of hydrogen-bond acceptors (Lipinski definition) is 2. The standard InChI is InChI=1S/C17H20O3/c1-10-7-8-13(11(2)9-10)14-5-4-6-15(12(14)3)16(18)17(19)20/h4-6,9,11,13H,7-8H2,1-3H3,(H,19,20). The van der Waals surface area contributed by atoms with Crippen LogP contribution in [0.15, 0.2) is 29.8 Å². The summed E-state index contributed by atoms with van der Waals surface area (Å²) in [5.74, 6) is -1.44. The maximum atomic E-state index is 11.7. The Morgan fingerprint density at radius 1 is 1.25 bits per heavy atom. The van der Waals surface area contributed by atoms with Crippen molar-refractivity contribution in [1.29, 1.82) is 0 Å². The largest absolute Gasteiger partial charge is 0.475 e. The Morgan fingerprint density at radius 2 is 1.95 bits per heavy atom. The zero-order valence-electron chi connectivity index (χ0n) is 12.1. The predicted octanol–water partition coefficient (Wildman–Crippen LogP) is 3.72. The molecule has 0 aromatic heterocycles. The van der Waals surface area contributed by atoms with E-state index in [2.05, 4.69) is 19.9 Å². The number of benzene rings is 1. The molecule has 0 radical (unpaired) electrons. The summed E-state index contributed by atoms with van der Waals surface area (Å²) < 4.78 is 0. The molecule has 3 nitrogen and oxygen atoms in total. The molecule has 0 saturated carbocycles. The minimum absolute atomic E-state index is 0.313. The van der Waals surface area contributed by atoms with Crippen LogP contribution in [0.3, 0.4) is 0 Å². The van der Waals surface area contributed by atoms with Crippen LogP contribution in [0.2, 0.25) is 0 Å². The van der Waals surface area contributed by atoms with Crippen molar-refractivity contribution in [3.05, 3.63) is 46.5 Å². The summed E-state index contributed by atoms with van der Waals surface area (Å²) in [6, 6.07) is 5.41. The van der Waals surface area contributed by atoms with Gasteiger partial charge in [0.05, 0.1) is 0 Å². The van der Waals surface area contributed by atoms with Crippen LogP contribution in [-0.4, -0.2) is 16.9 Å². The first kappa shape index (κ1) is 14.5. The second kappa shape index (κ2) is 5.61. The molecule has 1 aliphatic carbocycles. The molecule has 2 atom stereocenters. The second-order valence-corrected chi connectivity index (χ2v) is 5.67. The minimum Gasteiger partial charge on any atom is -0.475 e. The third-order valence-electron chi connectivity index (χ3n) is 4.25. The molecule has 3 heteroatoms. The van der Waals surface area contributed by atoms with E-state index in [-0.39, 0.29) is 0 Å². The maximum absolute atomic E-state index is 11.7. The highest BCUT2D eigenvalue weighted by molar-refractivity contribution is 6.40. The van der Waals surface area contributed by atoms with E-state index in [1.165, 1.54) is 5.57 Å². The molecule has 0 heterocycles. The Balaban J connectivity index is 2.42. The van der Waals surface area contributed by atoms with Gasteiger partial charge in [-0.05, 0) is 49.7 Å². The molecule has 0 spiro atoms. The lowest BCUT2D eigenvalue weighted by molar-refractivity contribution is -0.131. The molecule has 2 rings (SSSR count). The van der Waals surface area contributed by atoms with Gasteiger partial charge in [-0.25, -0.2) is 4.79 Å². The highest BCUT2D eigenvalue weighted by Gasteiger charge is 2.26. The summed E-state index contributed by atoms with van der Waals surface area (Å²) in [6.07, 6.45) is 4.39. The Labute approximate surface area is 119 Å². The van der Waals surface area contributed by atoms with Gasteiger partial charge in [-0.15, -0.1) is 0 Å². The normalized spacial score (nSPS) is 22.2. The van der Waals surface area contributed by atoms with Gasteiger partial charge in [0.25, 0.3) is 5.78 Å². The highest BCUT2D eigenvalue weighted by atomic mass is 16.4. The van der Waals surface area contributed by atoms with E-state index >= 15 is 0 Å². The van der Waals surface area contributed by atoms with Gasteiger partial charge in [-0.3, -0.25) is 4.79 Å². The van der Waals surface area contributed by atoms with Gasteiger partial charge >= 0.3 is 5.97 Å². The number of rotatable bonds is 3. The molecule has 2 unspecified atom stereocenters. The fourth-order valence-corrected chi connectivity index (χ4v) is 3.15. The van der Waals surface area contributed by atoms with E-state index in [4.69, 9.17) is 5.11 Å². The van der Waals surface area contributed by atoms with Gasteiger partial charge in [0.1, 0.15) is 0 Å². The molecule has 0 saturated heterocycles. The Bertz CT molecular complexity index is 584. The number of carboxylic acid groups (broad SMARTS) is 1. The average Bonchev–Trinajstić information content (AvgIpc) is 2.39. The quantitative estimate of drug-likeness (QED) is 0.518. The Kier molecular flexibility index (Phi) is 4.07. The van der Waals surface area contributed by atoms with Crippen molar-refractivity contribution in [2.45, 2.75) is 39.5 Å². The first-order valence-electron chi connectivity index (χ1n) is 6.96. The Hall–Kier alpha value is -1.90. The van der Waals surface area contributed by atoms with Gasteiger partial charge in [0, 0.05) is 5.56 Å². The molecular weight excluding hydrogens is 252 g/mol. The summed E-state index contributed by atoms with van der Waals surface area (Å²) in [6.45, 7) is 6.17. The lowest BCUT2D eigenvalue weighted by Gasteiger charge is -2.29. The van der Waals surface area contributed by atoms with Crippen LogP contribution in [0, 0.1) is 12.8 Å². The molecule has 1 aromatic carbocycles. The number of carbonyl (C=O) groups is 2. The number of carbonyl (C=O) groups excluding carboxylic acids is 1. The van der Waals surface area contributed by atoms with Crippen LogP contribution < -0.4 is 0 Å². The van der Waals surface area contributed by atoms with Crippen LogP contribution in [0.5, 0.6) is 0 Å². The maximum Gasteiger partial charge on any atom is 0.377 e. The summed E-state index contributed by atoms with van der Waals surface area (Å²) in [7, 11) is 0. The molecule has 1 N–H and O–H groups in total. The highest BCUT2D eigenvalue weighted by Crippen LogP contribution is 2.38. The fraction of sp³-hybridized carbons (Fsp3) is 0.412. The topological polar surface area (TPSA) is 54.4 Å².